The maximum atomic E-state index is 5.70. The first-order valence-corrected chi connectivity index (χ1v) is 6.27. The molecule has 0 saturated carbocycles. The van der Waals surface area contributed by atoms with Gasteiger partial charge in [0.2, 0.25) is 0 Å². The molecule has 1 N–H and O–H groups in total. The van der Waals surface area contributed by atoms with Crippen molar-refractivity contribution in [2.45, 2.75) is 44.8 Å². The molecule has 5 heteroatoms. The van der Waals surface area contributed by atoms with E-state index in [1.54, 1.807) is 11.0 Å². The quantitative estimate of drug-likeness (QED) is 0.847. The summed E-state index contributed by atoms with van der Waals surface area (Å²) in [5, 5.41) is 7.83. The van der Waals surface area contributed by atoms with Gasteiger partial charge < -0.3 is 10.1 Å². The van der Waals surface area contributed by atoms with Crippen LogP contribution in [0.25, 0.3) is 0 Å². The van der Waals surface area contributed by atoms with Crippen molar-refractivity contribution in [3.63, 3.8) is 0 Å². The third-order valence-corrected chi connectivity index (χ3v) is 3.13. The van der Waals surface area contributed by atoms with E-state index in [9.17, 15) is 0 Å². The molecule has 0 bridgehead atoms. The van der Waals surface area contributed by atoms with Gasteiger partial charge >= 0.3 is 0 Å². The average Bonchev–Trinajstić information content (AvgIpc) is 2.63. The Hall–Kier alpha value is -0.940. The highest BCUT2D eigenvalue weighted by Crippen LogP contribution is 2.23. The highest BCUT2D eigenvalue weighted by molar-refractivity contribution is 4.86. The van der Waals surface area contributed by atoms with Crippen LogP contribution >= 0.6 is 0 Å². The molecule has 0 radical (unpaired) electrons. The molecule has 96 valence electrons. The number of aromatic nitrogens is 3. The Morgan fingerprint density at radius 3 is 3.06 bits per heavy atom. The Kier molecular flexibility index (Phi) is 3.79. The molecule has 0 amide bonds. The Labute approximate surface area is 103 Å². The molecule has 2 rings (SSSR count). The van der Waals surface area contributed by atoms with Crippen LogP contribution in [0, 0.1) is 0 Å². The minimum atomic E-state index is 0.0131. The van der Waals surface area contributed by atoms with Gasteiger partial charge in [-0.2, -0.15) is 5.10 Å². The van der Waals surface area contributed by atoms with Crippen LogP contribution in [0.2, 0.25) is 0 Å². The third kappa shape index (κ3) is 3.78. The van der Waals surface area contributed by atoms with Crippen LogP contribution < -0.4 is 5.32 Å². The predicted octanol–water partition coefficient (Wildman–Crippen LogP) is 0.905. The van der Waals surface area contributed by atoms with Crippen LogP contribution in [0.1, 0.15) is 32.5 Å². The highest BCUT2D eigenvalue weighted by atomic mass is 16.5. The van der Waals surface area contributed by atoms with E-state index in [1.807, 2.05) is 7.05 Å². The molecule has 5 nitrogen and oxygen atoms in total. The van der Waals surface area contributed by atoms with Gasteiger partial charge in [0.15, 0.2) is 5.82 Å². The van der Waals surface area contributed by atoms with Crippen molar-refractivity contribution in [1.29, 1.82) is 0 Å². The second-order valence-corrected chi connectivity index (χ2v) is 5.34. The lowest BCUT2D eigenvalue weighted by atomic mass is 9.94. The average molecular weight is 238 g/mol. The van der Waals surface area contributed by atoms with Gasteiger partial charge in [0, 0.05) is 32.7 Å². The molecule has 1 aromatic heterocycles. The van der Waals surface area contributed by atoms with Crippen LogP contribution in [0.15, 0.2) is 6.33 Å². The smallest absolute Gasteiger partial charge is 0.151 e. The first-order chi connectivity index (χ1) is 8.05. The van der Waals surface area contributed by atoms with E-state index < -0.39 is 0 Å². The summed E-state index contributed by atoms with van der Waals surface area (Å²) in [5.74, 6) is 0.909. The Balaban J connectivity index is 1.71. The largest absolute Gasteiger partial charge is 0.375 e. The van der Waals surface area contributed by atoms with Crippen molar-refractivity contribution in [3.05, 3.63) is 12.2 Å². The number of nitrogens with one attached hydrogen (secondary N) is 1. The van der Waals surface area contributed by atoms with Gasteiger partial charge in [0.1, 0.15) is 6.33 Å². The van der Waals surface area contributed by atoms with Crippen molar-refractivity contribution >= 4 is 0 Å². The Bertz CT molecular complexity index is 361. The molecular weight excluding hydrogens is 216 g/mol. The summed E-state index contributed by atoms with van der Waals surface area (Å²) < 4.78 is 7.44. The number of aryl methyl sites for hydroxylation is 1. The van der Waals surface area contributed by atoms with Crippen molar-refractivity contribution in [1.82, 2.24) is 20.1 Å². The van der Waals surface area contributed by atoms with E-state index in [1.165, 1.54) is 0 Å². The van der Waals surface area contributed by atoms with E-state index >= 15 is 0 Å². The topological polar surface area (TPSA) is 52.0 Å². The lowest BCUT2D eigenvalue weighted by Gasteiger charge is -2.35. The van der Waals surface area contributed by atoms with Gasteiger partial charge in [-0.25, -0.2) is 4.98 Å². The molecular formula is C12H22N4O. The van der Waals surface area contributed by atoms with Crippen molar-refractivity contribution in [2.24, 2.45) is 7.05 Å². The Morgan fingerprint density at radius 2 is 2.41 bits per heavy atom. The zero-order valence-electron chi connectivity index (χ0n) is 10.9. The second-order valence-electron chi connectivity index (χ2n) is 5.34. The minimum absolute atomic E-state index is 0.0131. The fraction of sp³-hybridized carbons (Fsp3) is 0.833. The molecule has 0 spiro atoms. The summed E-state index contributed by atoms with van der Waals surface area (Å²) in [4.78, 5) is 4.21. The molecule has 1 unspecified atom stereocenters. The summed E-state index contributed by atoms with van der Waals surface area (Å²) in [6.07, 6.45) is 4.80. The molecule has 1 aromatic rings. The van der Waals surface area contributed by atoms with Crippen molar-refractivity contribution in [2.75, 3.05) is 13.2 Å². The summed E-state index contributed by atoms with van der Waals surface area (Å²) in [5.41, 5.74) is 0.0131. The van der Waals surface area contributed by atoms with E-state index in [-0.39, 0.29) is 5.60 Å². The molecule has 2 heterocycles. The second kappa shape index (κ2) is 5.14. The lowest BCUT2D eigenvalue weighted by Crippen LogP contribution is -2.44. The molecule has 0 aromatic carbocycles. The lowest BCUT2D eigenvalue weighted by molar-refractivity contribution is -0.0627. The first-order valence-electron chi connectivity index (χ1n) is 6.27. The fourth-order valence-corrected chi connectivity index (χ4v) is 2.29. The molecule has 1 aliphatic rings. The van der Waals surface area contributed by atoms with Gasteiger partial charge in [-0.15, -0.1) is 0 Å². The van der Waals surface area contributed by atoms with Crippen LogP contribution in [-0.2, 0) is 18.2 Å². The summed E-state index contributed by atoms with van der Waals surface area (Å²) in [6.45, 7) is 6.10. The maximum Gasteiger partial charge on any atom is 0.151 e. The van der Waals surface area contributed by atoms with Crippen LogP contribution in [0.5, 0.6) is 0 Å². The number of hydrogen-bond acceptors (Lipinski definition) is 4. The predicted molar refractivity (Wildman–Crippen MR) is 65.8 cm³/mol. The zero-order chi connectivity index (χ0) is 12.3. The number of nitrogens with zero attached hydrogens (tertiary/aromatic N) is 3. The van der Waals surface area contributed by atoms with Gasteiger partial charge in [0.05, 0.1) is 5.60 Å². The van der Waals surface area contributed by atoms with Gasteiger partial charge in [0.25, 0.3) is 0 Å². The first kappa shape index (κ1) is 12.5. The summed E-state index contributed by atoms with van der Waals surface area (Å²) >= 11 is 0. The number of ether oxygens (including phenoxy) is 1. The van der Waals surface area contributed by atoms with Crippen LogP contribution in [0.4, 0.5) is 0 Å². The SMILES string of the molecule is Cn1cnc(CCNC2CCOC(C)(C)C2)n1. The van der Waals surface area contributed by atoms with Crippen LogP contribution in [-0.4, -0.2) is 39.6 Å². The fourth-order valence-electron chi connectivity index (χ4n) is 2.29. The van der Waals surface area contributed by atoms with Crippen LogP contribution in [0.3, 0.4) is 0 Å². The maximum absolute atomic E-state index is 5.70. The summed E-state index contributed by atoms with van der Waals surface area (Å²) in [7, 11) is 1.89. The molecule has 1 aliphatic heterocycles. The van der Waals surface area contributed by atoms with E-state index in [4.69, 9.17) is 4.74 Å². The normalized spacial score (nSPS) is 23.8. The van der Waals surface area contributed by atoms with E-state index in [0.717, 1.165) is 38.2 Å². The van der Waals surface area contributed by atoms with E-state index in [0.29, 0.717) is 6.04 Å². The monoisotopic (exact) mass is 238 g/mol. The van der Waals surface area contributed by atoms with E-state index in [2.05, 4.69) is 29.2 Å². The van der Waals surface area contributed by atoms with Gasteiger partial charge in [-0.05, 0) is 26.7 Å². The minimum Gasteiger partial charge on any atom is -0.375 e. The molecule has 17 heavy (non-hydrogen) atoms. The Morgan fingerprint density at radius 1 is 1.59 bits per heavy atom. The van der Waals surface area contributed by atoms with Crippen molar-refractivity contribution in [3.8, 4) is 0 Å². The molecule has 0 aliphatic carbocycles. The molecule has 1 fully saturated rings. The van der Waals surface area contributed by atoms with Gasteiger partial charge in [-0.1, -0.05) is 0 Å². The van der Waals surface area contributed by atoms with Crippen molar-refractivity contribution < 1.29 is 4.74 Å². The third-order valence-electron chi connectivity index (χ3n) is 3.13. The summed E-state index contributed by atoms with van der Waals surface area (Å²) in [6, 6.07) is 0.558. The number of rotatable bonds is 4. The zero-order valence-corrected chi connectivity index (χ0v) is 10.9. The highest BCUT2D eigenvalue weighted by Gasteiger charge is 2.28. The van der Waals surface area contributed by atoms with Gasteiger partial charge in [-0.3, -0.25) is 4.68 Å². The number of hydrogen-bond donors (Lipinski definition) is 1. The molecule has 1 saturated heterocycles. The standard InChI is InChI=1S/C12H22N4O/c1-12(2)8-10(5-7-17-12)13-6-4-11-14-9-16(3)15-11/h9-10,13H,4-8H2,1-3H3. The molecule has 1 atom stereocenters.